The van der Waals surface area contributed by atoms with Crippen molar-refractivity contribution in [3.05, 3.63) is 94.7 Å². The number of methoxy groups -OCH3 is 1. The predicted molar refractivity (Wildman–Crippen MR) is 167 cm³/mol. The molecule has 0 saturated carbocycles. The molecule has 8 heteroatoms. The van der Waals surface area contributed by atoms with Crippen LogP contribution in [0.25, 0.3) is 10.9 Å². The van der Waals surface area contributed by atoms with Gasteiger partial charge in [-0.3, -0.25) is 9.59 Å². The number of Topliss-reactive ketones (excluding diaryl/α,β-unsaturated/α-hetero) is 1. The summed E-state index contributed by atoms with van der Waals surface area (Å²) in [6, 6.07) is 18.1. The average Bonchev–Trinajstić information content (AvgIpc) is 3.29. The summed E-state index contributed by atoms with van der Waals surface area (Å²) in [4.78, 5) is 25.0. The normalized spacial score (nSPS) is 11.5. The summed E-state index contributed by atoms with van der Waals surface area (Å²) in [5.74, 6) is 0.119. The van der Waals surface area contributed by atoms with Gasteiger partial charge in [-0.05, 0) is 85.2 Å². The van der Waals surface area contributed by atoms with Gasteiger partial charge in [-0.25, -0.2) is 13.1 Å². The highest BCUT2D eigenvalue weighted by Crippen LogP contribution is 2.30. The maximum absolute atomic E-state index is 13.0. The van der Waals surface area contributed by atoms with E-state index in [2.05, 4.69) is 40.6 Å². The minimum Gasteiger partial charge on any atom is -0.496 e. The first kappa shape index (κ1) is 31.0. The molecule has 0 aliphatic rings. The van der Waals surface area contributed by atoms with Crippen molar-refractivity contribution in [1.29, 1.82) is 0 Å². The Morgan fingerprint density at radius 1 is 0.929 bits per heavy atom. The molecule has 42 heavy (non-hydrogen) atoms. The number of carbonyl (C=O) groups excluding carboxylic acids is 2. The number of rotatable bonds is 14. The minimum absolute atomic E-state index is 0.0670. The predicted octanol–water partition coefficient (Wildman–Crippen LogP) is 6.77. The molecular formula is C34H40N2O5S. The number of benzene rings is 3. The van der Waals surface area contributed by atoms with Gasteiger partial charge in [-0.1, -0.05) is 44.2 Å². The number of hydrogen-bond donors (Lipinski definition) is 1. The van der Waals surface area contributed by atoms with E-state index < -0.39 is 15.9 Å². The number of fused-ring (bicyclic) bond motifs is 1. The van der Waals surface area contributed by atoms with Crippen molar-refractivity contribution < 1.29 is 22.7 Å². The van der Waals surface area contributed by atoms with E-state index in [-0.39, 0.29) is 10.5 Å². The number of ether oxygens (including phenoxy) is 1. The number of carbonyl (C=O) groups is 2. The number of aryl methyl sites for hydroxylation is 3. The van der Waals surface area contributed by atoms with Crippen LogP contribution < -0.4 is 9.46 Å². The summed E-state index contributed by atoms with van der Waals surface area (Å²) in [6.45, 7) is 6.76. The highest BCUT2D eigenvalue weighted by Gasteiger charge is 2.21. The number of hydrogen-bond acceptors (Lipinski definition) is 5. The zero-order valence-corrected chi connectivity index (χ0v) is 25.7. The van der Waals surface area contributed by atoms with Gasteiger partial charge in [-0.15, -0.1) is 0 Å². The topological polar surface area (TPSA) is 94.5 Å². The zero-order valence-electron chi connectivity index (χ0n) is 24.9. The van der Waals surface area contributed by atoms with Crippen molar-refractivity contribution in [2.24, 2.45) is 0 Å². The number of nitrogens with zero attached hydrogens (tertiary/aromatic N) is 1. The molecule has 1 N–H and O–H groups in total. The molecule has 0 spiro atoms. The average molecular weight is 589 g/mol. The van der Waals surface area contributed by atoms with Crippen LogP contribution in [0.3, 0.4) is 0 Å². The van der Waals surface area contributed by atoms with Gasteiger partial charge in [-0.2, -0.15) is 0 Å². The van der Waals surface area contributed by atoms with Gasteiger partial charge in [0.1, 0.15) is 11.5 Å². The molecule has 1 aromatic heterocycles. The van der Waals surface area contributed by atoms with E-state index in [1.807, 2.05) is 13.0 Å². The quantitative estimate of drug-likeness (QED) is 0.175. The SMILES string of the molecule is CCCC(=O)CCCc1ccc2c(c1)c(Cc1ccc(C(=O)NS(=O)(=O)c3ccccc3C)cc1OC)cn2CCC. The molecule has 0 radical (unpaired) electrons. The fraction of sp³-hybridized carbons (Fsp3) is 0.353. The molecule has 0 aliphatic heterocycles. The Labute approximate surface area is 249 Å². The zero-order chi connectivity index (χ0) is 30.3. The minimum atomic E-state index is -4.02. The maximum Gasteiger partial charge on any atom is 0.265 e. The van der Waals surface area contributed by atoms with Crippen LogP contribution in [0.2, 0.25) is 0 Å². The Balaban J connectivity index is 1.58. The number of aromatic nitrogens is 1. The molecule has 4 rings (SSSR count). The van der Waals surface area contributed by atoms with Gasteiger partial charge >= 0.3 is 0 Å². The lowest BCUT2D eigenvalue weighted by Crippen LogP contribution is -2.31. The molecule has 0 fully saturated rings. The Morgan fingerprint density at radius 3 is 2.43 bits per heavy atom. The van der Waals surface area contributed by atoms with Crippen molar-refractivity contribution in [2.45, 2.75) is 77.2 Å². The summed E-state index contributed by atoms with van der Waals surface area (Å²) in [6.07, 6.45) is 7.60. The van der Waals surface area contributed by atoms with Crippen LogP contribution in [-0.2, 0) is 34.2 Å². The fourth-order valence-corrected chi connectivity index (χ4v) is 6.59. The van der Waals surface area contributed by atoms with Gasteiger partial charge in [0.15, 0.2) is 0 Å². The standard InChI is InChI=1S/C34H40N2O5S/c1-5-10-29(37)13-9-12-25-15-18-31-30(20-25)28(23-36(31)19-6-2)21-26-16-17-27(22-32(26)41-4)34(38)35-42(39,40)33-14-8-7-11-24(33)3/h7-8,11,14-18,20,22-23H,5-6,9-10,12-13,19,21H2,1-4H3,(H,35,38). The Morgan fingerprint density at radius 2 is 1.71 bits per heavy atom. The van der Waals surface area contributed by atoms with E-state index in [1.165, 1.54) is 11.6 Å². The molecule has 0 atom stereocenters. The molecule has 3 aromatic carbocycles. The molecule has 1 heterocycles. The summed E-state index contributed by atoms with van der Waals surface area (Å²) in [7, 11) is -2.48. The molecule has 4 aromatic rings. The first-order valence-corrected chi connectivity index (χ1v) is 16.1. The van der Waals surface area contributed by atoms with Crippen LogP contribution in [0.5, 0.6) is 5.75 Å². The lowest BCUT2D eigenvalue weighted by Gasteiger charge is -2.12. The van der Waals surface area contributed by atoms with E-state index in [9.17, 15) is 18.0 Å². The van der Waals surface area contributed by atoms with Crippen molar-refractivity contribution in [3.8, 4) is 5.75 Å². The summed E-state index contributed by atoms with van der Waals surface area (Å²) in [5.41, 5.74) is 5.15. The molecule has 7 nitrogen and oxygen atoms in total. The van der Waals surface area contributed by atoms with Crippen LogP contribution in [-0.4, -0.2) is 31.8 Å². The van der Waals surface area contributed by atoms with Crippen LogP contribution in [0.15, 0.2) is 71.8 Å². The Hall–Kier alpha value is -3.91. The van der Waals surface area contributed by atoms with Crippen LogP contribution in [0, 0.1) is 6.92 Å². The van der Waals surface area contributed by atoms with E-state index >= 15 is 0 Å². The largest absolute Gasteiger partial charge is 0.496 e. The van der Waals surface area contributed by atoms with E-state index in [0.717, 1.165) is 54.3 Å². The Bertz CT molecular complexity index is 1690. The summed E-state index contributed by atoms with van der Waals surface area (Å²) >= 11 is 0. The Kier molecular flexibility index (Phi) is 10.2. The number of nitrogens with one attached hydrogen (secondary N) is 1. The van der Waals surface area contributed by atoms with Crippen LogP contribution in [0.1, 0.15) is 78.6 Å². The maximum atomic E-state index is 13.0. The first-order valence-electron chi connectivity index (χ1n) is 14.6. The lowest BCUT2D eigenvalue weighted by atomic mass is 9.99. The monoisotopic (exact) mass is 588 g/mol. The molecule has 0 saturated heterocycles. The highest BCUT2D eigenvalue weighted by atomic mass is 32.2. The molecule has 0 aliphatic carbocycles. The van der Waals surface area contributed by atoms with Gasteiger partial charge in [0.05, 0.1) is 12.0 Å². The molecule has 222 valence electrons. The van der Waals surface area contributed by atoms with Crippen LogP contribution >= 0.6 is 0 Å². The number of sulfonamides is 1. The van der Waals surface area contributed by atoms with Gasteiger partial charge in [0, 0.05) is 48.5 Å². The van der Waals surface area contributed by atoms with Crippen molar-refractivity contribution in [3.63, 3.8) is 0 Å². The second-order valence-electron chi connectivity index (χ2n) is 10.7. The van der Waals surface area contributed by atoms with Crippen molar-refractivity contribution in [2.75, 3.05) is 7.11 Å². The molecule has 0 bridgehead atoms. The van der Waals surface area contributed by atoms with Gasteiger partial charge in [0.2, 0.25) is 0 Å². The number of ketones is 1. The second kappa shape index (κ2) is 13.8. The second-order valence-corrected chi connectivity index (χ2v) is 12.4. The van der Waals surface area contributed by atoms with E-state index in [1.54, 1.807) is 44.4 Å². The third-order valence-corrected chi connectivity index (χ3v) is 8.97. The van der Waals surface area contributed by atoms with E-state index in [0.29, 0.717) is 36.4 Å². The lowest BCUT2D eigenvalue weighted by molar-refractivity contribution is -0.119. The number of amides is 1. The summed E-state index contributed by atoms with van der Waals surface area (Å²) in [5, 5.41) is 1.16. The summed E-state index contributed by atoms with van der Waals surface area (Å²) < 4.78 is 35.8. The van der Waals surface area contributed by atoms with E-state index in [4.69, 9.17) is 4.74 Å². The third kappa shape index (κ3) is 7.29. The van der Waals surface area contributed by atoms with Gasteiger partial charge < -0.3 is 9.30 Å². The fourth-order valence-electron chi connectivity index (χ4n) is 5.36. The van der Waals surface area contributed by atoms with Crippen molar-refractivity contribution >= 4 is 32.6 Å². The third-order valence-electron chi connectivity index (χ3n) is 7.48. The highest BCUT2D eigenvalue weighted by molar-refractivity contribution is 7.90. The first-order chi connectivity index (χ1) is 20.2. The molecule has 1 amide bonds. The molecule has 0 unspecified atom stereocenters. The smallest absolute Gasteiger partial charge is 0.265 e. The van der Waals surface area contributed by atoms with Crippen LogP contribution in [0.4, 0.5) is 0 Å². The van der Waals surface area contributed by atoms with Gasteiger partial charge in [0.25, 0.3) is 15.9 Å². The molecular weight excluding hydrogens is 548 g/mol. The van der Waals surface area contributed by atoms with Crippen molar-refractivity contribution in [1.82, 2.24) is 9.29 Å².